The maximum atomic E-state index is 5.23. The third-order valence-corrected chi connectivity index (χ3v) is 9.66. The van der Waals surface area contributed by atoms with Crippen LogP contribution in [-0.2, 0) is 0 Å². The normalized spacial score (nSPS) is 11.6. The van der Waals surface area contributed by atoms with Gasteiger partial charge in [0.1, 0.15) is 0 Å². The van der Waals surface area contributed by atoms with E-state index in [1.165, 1.54) is 36.5 Å². The van der Waals surface area contributed by atoms with Crippen molar-refractivity contribution in [3.8, 4) is 45.0 Å². The fourth-order valence-corrected chi connectivity index (χ4v) is 7.53. The summed E-state index contributed by atoms with van der Waals surface area (Å²) in [5.41, 5.74) is 9.37. The van der Waals surface area contributed by atoms with Crippen LogP contribution in [0.5, 0.6) is 0 Å². The van der Waals surface area contributed by atoms with Crippen molar-refractivity contribution in [2.24, 2.45) is 0 Å². The zero-order valence-electron chi connectivity index (χ0n) is 24.2. The predicted octanol–water partition coefficient (Wildman–Crippen LogP) is 11.2. The Morgan fingerprint density at radius 2 is 1.04 bits per heavy atom. The molecule has 0 bridgehead atoms. The minimum atomic E-state index is 0.707. The molecule has 0 amide bonds. The van der Waals surface area contributed by atoms with Crippen LogP contribution in [0, 0.1) is 0 Å². The lowest BCUT2D eigenvalue weighted by atomic mass is 9.95. The third kappa shape index (κ3) is 4.38. The Hall–Kier alpha value is -5.71. The minimum Gasteiger partial charge on any atom is -0.246 e. The quantitative estimate of drug-likeness (QED) is 0.191. The summed E-state index contributed by atoms with van der Waals surface area (Å²) in [6.07, 6.45) is 0. The Morgan fingerprint density at radius 3 is 1.76 bits per heavy atom. The van der Waals surface area contributed by atoms with Gasteiger partial charge in [0.05, 0.1) is 27.1 Å². The summed E-state index contributed by atoms with van der Waals surface area (Å²) in [6, 6.07) is 53.0. The number of hydrogen-bond donors (Lipinski definition) is 0. The zero-order valence-corrected chi connectivity index (χ0v) is 25.0. The lowest BCUT2D eigenvalue weighted by molar-refractivity contribution is 1.18. The molecule has 6 aromatic carbocycles. The van der Waals surface area contributed by atoms with Crippen LogP contribution in [0.1, 0.15) is 0 Å². The molecule has 3 aromatic heterocycles. The predicted molar refractivity (Wildman–Crippen MR) is 189 cm³/mol. The fraction of sp³-hybridized carbons (Fsp3) is 0. The van der Waals surface area contributed by atoms with E-state index in [1.807, 2.05) is 47.7 Å². The maximum absolute atomic E-state index is 5.23. The smallest absolute Gasteiger partial charge is 0.160 e. The molecule has 210 valence electrons. The molecule has 0 aliphatic rings. The fourth-order valence-electron chi connectivity index (χ4n) is 6.31. The summed E-state index contributed by atoms with van der Waals surface area (Å²) in [5.74, 6) is 0.707. The van der Waals surface area contributed by atoms with Crippen LogP contribution in [0.15, 0.2) is 152 Å². The second-order valence-electron chi connectivity index (χ2n) is 11.2. The van der Waals surface area contributed by atoms with E-state index in [4.69, 9.17) is 15.0 Å². The number of benzene rings is 6. The number of nitrogens with zero attached hydrogens (tertiary/aromatic N) is 3. The molecular formula is C41H25N3S. The first-order valence-corrected chi connectivity index (χ1v) is 15.9. The highest BCUT2D eigenvalue weighted by molar-refractivity contribution is 7.26. The number of pyridine rings is 1. The summed E-state index contributed by atoms with van der Waals surface area (Å²) in [7, 11) is 0. The highest BCUT2D eigenvalue weighted by atomic mass is 32.1. The molecule has 3 nitrogen and oxygen atoms in total. The van der Waals surface area contributed by atoms with Crippen molar-refractivity contribution in [3.63, 3.8) is 0 Å². The molecule has 3 heterocycles. The van der Waals surface area contributed by atoms with E-state index in [0.717, 1.165) is 44.7 Å². The second-order valence-corrected chi connectivity index (χ2v) is 12.3. The Balaban J connectivity index is 1.26. The standard InChI is InChI=1S/C41H25N3S/c1-3-12-27(13-4-1)34-25-35(28-14-5-2-6-15-28)44-41(43-34)30-21-19-29(20-22-30)37-38-31-16-8-7-11-26(31)23-24-33(38)42-39-32-17-9-10-18-36(32)45-40(37)39/h1-25H. The van der Waals surface area contributed by atoms with Gasteiger partial charge in [-0.25, -0.2) is 15.0 Å². The van der Waals surface area contributed by atoms with Gasteiger partial charge >= 0.3 is 0 Å². The van der Waals surface area contributed by atoms with Gasteiger partial charge in [0.2, 0.25) is 0 Å². The molecule has 0 saturated carbocycles. The van der Waals surface area contributed by atoms with Gasteiger partial charge < -0.3 is 0 Å². The molecule has 9 rings (SSSR count). The molecule has 9 aromatic rings. The van der Waals surface area contributed by atoms with Gasteiger partial charge in [-0.2, -0.15) is 0 Å². The van der Waals surface area contributed by atoms with Gasteiger partial charge in [-0.3, -0.25) is 0 Å². The first-order chi connectivity index (χ1) is 22.3. The van der Waals surface area contributed by atoms with Gasteiger partial charge in [-0.1, -0.05) is 133 Å². The van der Waals surface area contributed by atoms with E-state index in [-0.39, 0.29) is 0 Å². The van der Waals surface area contributed by atoms with Crippen molar-refractivity contribution in [1.29, 1.82) is 0 Å². The van der Waals surface area contributed by atoms with Gasteiger partial charge in [0, 0.05) is 37.7 Å². The number of thiophene rings is 1. The van der Waals surface area contributed by atoms with Crippen LogP contribution < -0.4 is 0 Å². The molecule has 0 saturated heterocycles. The monoisotopic (exact) mass is 591 g/mol. The van der Waals surface area contributed by atoms with Gasteiger partial charge in [0.25, 0.3) is 0 Å². The van der Waals surface area contributed by atoms with Crippen LogP contribution in [0.25, 0.3) is 87.0 Å². The topological polar surface area (TPSA) is 38.7 Å². The number of rotatable bonds is 4. The van der Waals surface area contributed by atoms with Gasteiger partial charge in [0.15, 0.2) is 5.82 Å². The summed E-state index contributed by atoms with van der Waals surface area (Å²) < 4.78 is 2.46. The molecule has 0 atom stereocenters. The average molecular weight is 592 g/mol. The van der Waals surface area contributed by atoms with Crippen LogP contribution in [-0.4, -0.2) is 15.0 Å². The third-order valence-electron chi connectivity index (χ3n) is 8.48. The summed E-state index contributed by atoms with van der Waals surface area (Å²) >= 11 is 1.82. The van der Waals surface area contributed by atoms with Crippen molar-refractivity contribution < 1.29 is 0 Å². The molecule has 0 aliphatic carbocycles. The number of hydrogen-bond acceptors (Lipinski definition) is 4. The molecule has 0 radical (unpaired) electrons. The molecule has 0 spiro atoms. The van der Waals surface area contributed by atoms with Crippen molar-refractivity contribution in [1.82, 2.24) is 15.0 Å². The minimum absolute atomic E-state index is 0.707. The van der Waals surface area contributed by atoms with Crippen molar-refractivity contribution in [2.75, 3.05) is 0 Å². The maximum Gasteiger partial charge on any atom is 0.160 e. The molecule has 0 unspecified atom stereocenters. The lowest BCUT2D eigenvalue weighted by Crippen LogP contribution is -1.96. The van der Waals surface area contributed by atoms with E-state index in [0.29, 0.717) is 5.82 Å². The summed E-state index contributed by atoms with van der Waals surface area (Å²) in [5, 5.41) is 4.82. The SMILES string of the molecule is c1ccc(-c2cc(-c3ccccc3)nc(-c3ccc(-c4c5sc6ccccc6c5nc5ccc6ccccc6c45)cc3)n2)cc1. The zero-order chi connectivity index (χ0) is 29.7. The summed E-state index contributed by atoms with van der Waals surface area (Å²) in [6.45, 7) is 0. The molecular weight excluding hydrogens is 567 g/mol. The van der Waals surface area contributed by atoms with Crippen molar-refractivity contribution >= 4 is 53.3 Å². The molecule has 4 heteroatoms. The summed E-state index contributed by atoms with van der Waals surface area (Å²) in [4.78, 5) is 15.3. The molecule has 0 aliphatic heterocycles. The van der Waals surface area contributed by atoms with E-state index in [1.54, 1.807) is 0 Å². The number of fused-ring (bicyclic) bond motifs is 6. The first kappa shape index (κ1) is 25.8. The van der Waals surface area contributed by atoms with Crippen LogP contribution in [0.3, 0.4) is 0 Å². The van der Waals surface area contributed by atoms with Crippen molar-refractivity contribution in [2.45, 2.75) is 0 Å². The highest BCUT2D eigenvalue weighted by Crippen LogP contribution is 2.45. The first-order valence-electron chi connectivity index (χ1n) is 15.0. The molecule has 45 heavy (non-hydrogen) atoms. The van der Waals surface area contributed by atoms with E-state index >= 15 is 0 Å². The largest absolute Gasteiger partial charge is 0.246 e. The second kappa shape index (κ2) is 10.5. The van der Waals surface area contributed by atoms with Crippen LogP contribution in [0.2, 0.25) is 0 Å². The molecule has 0 fully saturated rings. The van der Waals surface area contributed by atoms with Crippen LogP contribution >= 0.6 is 11.3 Å². The number of aromatic nitrogens is 3. The Labute approximate surface area is 264 Å². The van der Waals surface area contributed by atoms with Gasteiger partial charge in [-0.05, 0) is 34.5 Å². The molecule has 0 N–H and O–H groups in total. The van der Waals surface area contributed by atoms with E-state index in [2.05, 4.69) is 115 Å². The van der Waals surface area contributed by atoms with Crippen molar-refractivity contribution in [3.05, 3.63) is 152 Å². The Bertz CT molecular complexity index is 2460. The Kier molecular flexibility index (Phi) is 6.00. The lowest BCUT2D eigenvalue weighted by Gasteiger charge is -2.13. The Morgan fingerprint density at radius 1 is 0.444 bits per heavy atom. The van der Waals surface area contributed by atoms with E-state index < -0.39 is 0 Å². The van der Waals surface area contributed by atoms with E-state index in [9.17, 15) is 0 Å². The average Bonchev–Trinajstić information content (AvgIpc) is 3.49. The van der Waals surface area contributed by atoms with Gasteiger partial charge in [-0.15, -0.1) is 11.3 Å². The highest BCUT2D eigenvalue weighted by Gasteiger charge is 2.18. The van der Waals surface area contributed by atoms with Crippen LogP contribution in [0.4, 0.5) is 0 Å².